The maximum absolute atomic E-state index is 11.9. The summed E-state index contributed by atoms with van der Waals surface area (Å²) in [5, 5.41) is 3.08. The van der Waals surface area contributed by atoms with Crippen LogP contribution in [0.5, 0.6) is 0 Å². The maximum atomic E-state index is 11.9. The molecule has 2 unspecified atom stereocenters. The fourth-order valence-corrected chi connectivity index (χ4v) is 3.06. The van der Waals surface area contributed by atoms with E-state index in [0.717, 1.165) is 45.4 Å². The van der Waals surface area contributed by atoms with Crippen molar-refractivity contribution >= 4 is 5.91 Å². The van der Waals surface area contributed by atoms with E-state index in [1.807, 2.05) is 0 Å². The van der Waals surface area contributed by atoms with E-state index in [0.29, 0.717) is 24.3 Å². The molecule has 0 aromatic carbocycles. The summed E-state index contributed by atoms with van der Waals surface area (Å²) in [4.78, 5) is 11.9. The van der Waals surface area contributed by atoms with Gasteiger partial charge in [-0.05, 0) is 43.9 Å². The van der Waals surface area contributed by atoms with Gasteiger partial charge in [-0.25, -0.2) is 0 Å². The molecule has 0 spiro atoms. The van der Waals surface area contributed by atoms with E-state index in [9.17, 15) is 4.79 Å². The summed E-state index contributed by atoms with van der Waals surface area (Å²) in [6.45, 7) is 2.51. The summed E-state index contributed by atoms with van der Waals surface area (Å²) in [6, 6.07) is 0.312. The van der Waals surface area contributed by atoms with E-state index in [4.69, 9.17) is 10.5 Å². The number of nitrogens with one attached hydrogen (secondary N) is 1. The molecule has 104 valence electrons. The Bertz CT molecular complexity index is 265. The molecule has 1 aliphatic heterocycles. The molecule has 1 saturated heterocycles. The smallest absolute Gasteiger partial charge is 0.220 e. The van der Waals surface area contributed by atoms with Crippen LogP contribution in [0.4, 0.5) is 0 Å². The van der Waals surface area contributed by atoms with E-state index in [1.165, 1.54) is 12.8 Å². The van der Waals surface area contributed by atoms with Crippen molar-refractivity contribution < 1.29 is 9.53 Å². The van der Waals surface area contributed by atoms with Crippen molar-refractivity contribution in [1.82, 2.24) is 5.32 Å². The molecule has 1 amide bonds. The Morgan fingerprint density at radius 3 is 2.67 bits per heavy atom. The lowest BCUT2D eigenvalue weighted by molar-refractivity contribution is -0.122. The summed E-state index contributed by atoms with van der Waals surface area (Å²) < 4.78 is 5.31. The van der Waals surface area contributed by atoms with E-state index < -0.39 is 0 Å². The van der Waals surface area contributed by atoms with Crippen molar-refractivity contribution in [3.63, 3.8) is 0 Å². The first-order valence-corrected chi connectivity index (χ1v) is 7.34. The molecule has 2 rings (SSSR count). The molecule has 1 saturated carbocycles. The predicted octanol–water partition coefficient (Wildman–Crippen LogP) is 1.44. The average Bonchev–Trinajstić information content (AvgIpc) is 2.38. The predicted molar refractivity (Wildman–Crippen MR) is 71.1 cm³/mol. The number of amides is 1. The fraction of sp³-hybridized carbons (Fsp3) is 0.929. The number of hydrogen-bond acceptors (Lipinski definition) is 3. The van der Waals surface area contributed by atoms with Gasteiger partial charge in [-0.1, -0.05) is 6.42 Å². The molecule has 0 aromatic rings. The second-order valence-corrected chi connectivity index (χ2v) is 5.86. The average molecular weight is 254 g/mol. The second kappa shape index (κ2) is 7.10. The highest BCUT2D eigenvalue weighted by atomic mass is 16.5. The zero-order chi connectivity index (χ0) is 12.8. The minimum atomic E-state index is 0.209. The van der Waals surface area contributed by atoms with Crippen LogP contribution in [-0.2, 0) is 9.53 Å². The van der Waals surface area contributed by atoms with Gasteiger partial charge in [0.05, 0.1) is 0 Å². The van der Waals surface area contributed by atoms with Crippen molar-refractivity contribution in [1.29, 1.82) is 0 Å². The molecule has 0 bridgehead atoms. The third kappa shape index (κ3) is 4.58. The Labute approximate surface area is 110 Å². The quantitative estimate of drug-likeness (QED) is 0.798. The molecule has 2 atom stereocenters. The van der Waals surface area contributed by atoms with Crippen LogP contribution in [0.15, 0.2) is 0 Å². The Morgan fingerprint density at radius 1 is 1.17 bits per heavy atom. The number of hydrogen-bond donors (Lipinski definition) is 2. The molecule has 4 nitrogen and oxygen atoms in total. The van der Waals surface area contributed by atoms with Crippen LogP contribution < -0.4 is 11.1 Å². The maximum Gasteiger partial charge on any atom is 0.220 e. The summed E-state index contributed by atoms with van der Waals surface area (Å²) >= 11 is 0. The van der Waals surface area contributed by atoms with E-state index in [2.05, 4.69) is 5.32 Å². The van der Waals surface area contributed by atoms with Crippen molar-refractivity contribution in [2.75, 3.05) is 19.8 Å². The zero-order valence-electron chi connectivity index (χ0n) is 11.2. The van der Waals surface area contributed by atoms with Crippen LogP contribution in [0.1, 0.15) is 44.9 Å². The van der Waals surface area contributed by atoms with Crippen molar-refractivity contribution in [2.45, 2.75) is 51.0 Å². The minimum absolute atomic E-state index is 0.209. The lowest BCUT2D eigenvalue weighted by atomic mass is 9.84. The molecule has 18 heavy (non-hydrogen) atoms. The van der Waals surface area contributed by atoms with Gasteiger partial charge in [0.1, 0.15) is 0 Å². The number of carbonyl (C=O) groups excluding carboxylic acids is 1. The van der Waals surface area contributed by atoms with Crippen molar-refractivity contribution in [3.8, 4) is 0 Å². The Kier molecular flexibility index (Phi) is 5.45. The topological polar surface area (TPSA) is 64.4 Å². The fourth-order valence-electron chi connectivity index (χ4n) is 3.06. The molecule has 3 N–H and O–H groups in total. The number of ether oxygens (including phenoxy) is 1. The van der Waals surface area contributed by atoms with Gasteiger partial charge in [0.2, 0.25) is 5.91 Å². The third-order valence-corrected chi connectivity index (χ3v) is 4.23. The van der Waals surface area contributed by atoms with Gasteiger partial charge >= 0.3 is 0 Å². The van der Waals surface area contributed by atoms with Gasteiger partial charge in [-0.15, -0.1) is 0 Å². The van der Waals surface area contributed by atoms with E-state index in [1.54, 1.807) is 0 Å². The zero-order valence-corrected chi connectivity index (χ0v) is 11.2. The standard InChI is InChI=1S/C14H26N2O2/c15-13-3-1-2-12(8-13)9-14(17)16-10-11-4-6-18-7-5-11/h11-13H,1-10,15H2,(H,16,17). The molecular weight excluding hydrogens is 228 g/mol. The number of carbonyl (C=O) groups is 1. The Morgan fingerprint density at radius 2 is 1.94 bits per heavy atom. The van der Waals surface area contributed by atoms with Crippen LogP contribution >= 0.6 is 0 Å². The highest BCUT2D eigenvalue weighted by molar-refractivity contribution is 5.76. The largest absolute Gasteiger partial charge is 0.381 e. The van der Waals surface area contributed by atoms with Gasteiger partial charge < -0.3 is 15.8 Å². The summed E-state index contributed by atoms with van der Waals surface area (Å²) in [7, 11) is 0. The minimum Gasteiger partial charge on any atom is -0.381 e. The van der Waals surface area contributed by atoms with Crippen LogP contribution in [0.3, 0.4) is 0 Å². The van der Waals surface area contributed by atoms with E-state index >= 15 is 0 Å². The highest BCUT2D eigenvalue weighted by Gasteiger charge is 2.22. The van der Waals surface area contributed by atoms with Crippen LogP contribution in [0.25, 0.3) is 0 Å². The first kappa shape index (κ1) is 13.8. The van der Waals surface area contributed by atoms with Gasteiger partial charge in [-0.3, -0.25) is 4.79 Å². The molecule has 0 radical (unpaired) electrons. The van der Waals surface area contributed by atoms with Gasteiger partial charge in [0.15, 0.2) is 0 Å². The molecule has 2 fully saturated rings. The van der Waals surface area contributed by atoms with Gasteiger partial charge in [-0.2, -0.15) is 0 Å². The lowest BCUT2D eigenvalue weighted by Crippen LogP contribution is -2.35. The monoisotopic (exact) mass is 254 g/mol. The normalized spacial score (nSPS) is 30.1. The molecule has 2 aliphatic rings. The highest BCUT2D eigenvalue weighted by Crippen LogP contribution is 2.25. The van der Waals surface area contributed by atoms with Crippen molar-refractivity contribution in [2.24, 2.45) is 17.6 Å². The van der Waals surface area contributed by atoms with Crippen LogP contribution in [0, 0.1) is 11.8 Å². The van der Waals surface area contributed by atoms with E-state index in [-0.39, 0.29) is 5.91 Å². The molecular formula is C14H26N2O2. The van der Waals surface area contributed by atoms with Gasteiger partial charge in [0.25, 0.3) is 0 Å². The summed E-state index contributed by atoms with van der Waals surface area (Å²) in [6.07, 6.45) is 7.31. The van der Waals surface area contributed by atoms with Crippen LogP contribution in [-0.4, -0.2) is 31.7 Å². The molecule has 4 heteroatoms. The first-order valence-electron chi connectivity index (χ1n) is 7.34. The number of nitrogens with two attached hydrogens (primary N) is 1. The third-order valence-electron chi connectivity index (χ3n) is 4.23. The van der Waals surface area contributed by atoms with Gasteiger partial charge in [0, 0.05) is 32.2 Å². The number of rotatable bonds is 4. The Hall–Kier alpha value is -0.610. The second-order valence-electron chi connectivity index (χ2n) is 5.86. The molecule has 1 aliphatic carbocycles. The lowest BCUT2D eigenvalue weighted by Gasteiger charge is -2.27. The Balaban J connectivity index is 1.62. The summed E-state index contributed by atoms with van der Waals surface area (Å²) in [5.41, 5.74) is 5.95. The molecule has 1 heterocycles. The summed E-state index contributed by atoms with van der Waals surface area (Å²) in [5.74, 6) is 1.32. The van der Waals surface area contributed by atoms with Crippen molar-refractivity contribution in [3.05, 3.63) is 0 Å². The first-order chi connectivity index (χ1) is 8.74. The van der Waals surface area contributed by atoms with Crippen LogP contribution in [0.2, 0.25) is 0 Å². The SMILES string of the molecule is NC1CCCC(CC(=O)NCC2CCOCC2)C1. The molecule has 0 aromatic heterocycles.